The van der Waals surface area contributed by atoms with Crippen LogP contribution < -0.4 is 5.32 Å². The molecule has 142 valence electrons. The standard InChI is InChI=1S/C23H28N2O2/c1-15-8-16(2)11-20(10-15)23(27)25-7-5-6-19(14-25)22(26)24-21-12-17(3)9-18(4)13-21/h8-13,19H,5-7,14H2,1-4H3,(H,24,26). The number of carbonyl (C=O) groups is 2. The summed E-state index contributed by atoms with van der Waals surface area (Å²) >= 11 is 0. The van der Waals surface area contributed by atoms with Crippen LogP contribution in [0.3, 0.4) is 0 Å². The highest BCUT2D eigenvalue weighted by molar-refractivity contribution is 5.96. The molecule has 2 amide bonds. The molecule has 1 saturated heterocycles. The third kappa shape index (κ3) is 4.76. The van der Waals surface area contributed by atoms with Crippen LogP contribution in [0.2, 0.25) is 0 Å². The second-order valence-corrected chi connectivity index (χ2v) is 7.83. The number of nitrogens with zero attached hydrogens (tertiary/aromatic N) is 1. The molecule has 0 aliphatic carbocycles. The van der Waals surface area contributed by atoms with E-state index in [-0.39, 0.29) is 17.7 Å². The minimum Gasteiger partial charge on any atom is -0.338 e. The van der Waals surface area contributed by atoms with Crippen molar-refractivity contribution in [2.24, 2.45) is 5.92 Å². The molecule has 1 aliphatic heterocycles. The van der Waals surface area contributed by atoms with Crippen molar-refractivity contribution in [1.82, 2.24) is 4.90 Å². The highest BCUT2D eigenvalue weighted by atomic mass is 16.2. The molecule has 0 spiro atoms. The van der Waals surface area contributed by atoms with Gasteiger partial charge in [-0.2, -0.15) is 0 Å². The lowest BCUT2D eigenvalue weighted by Crippen LogP contribution is -2.43. The SMILES string of the molecule is Cc1cc(C)cc(NC(=O)C2CCCN(C(=O)c3cc(C)cc(C)c3)C2)c1. The van der Waals surface area contributed by atoms with E-state index in [1.165, 1.54) is 0 Å². The molecule has 1 fully saturated rings. The van der Waals surface area contributed by atoms with Gasteiger partial charge < -0.3 is 10.2 Å². The van der Waals surface area contributed by atoms with Gasteiger partial charge in [0.1, 0.15) is 0 Å². The molecule has 1 atom stereocenters. The van der Waals surface area contributed by atoms with Gasteiger partial charge in [0.25, 0.3) is 5.91 Å². The van der Waals surface area contributed by atoms with E-state index in [1.807, 2.05) is 56.9 Å². The van der Waals surface area contributed by atoms with Crippen molar-refractivity contribution >= 4 is 17.5 Å². The Morgan fingerprint density at radius 2 is 1.44 bits per heavy atom. The molecule has 0 saturated carbocycles. The number of amides is 2. The van der Waals surface area contributed by atoms with E-state index in [1.54, 1.807) is 0 Å². The van der Waals surface area contributed by atoms with Gasteiger partial charge in [-0.1, -0.05) is 23.3 Å². The van der Waals surface area contributed by atoms with Crippen molar-refractivity contribution in [1.29, 1.82) is 0 Å². The molecule has 2 aromatic rings. The molecule has 0 bridgehead atoms. The predicted molar refractivity (Wildman–Crippen MR) is 109 cm³/mol. The molecule has 4 heteroatoms. The zero-order valence-electron chi connectivity index (χ0n) is 16.6. The van der Waals surface area contributed by atoms with Gasteiger partial charge in [0.05, 0.1) is 5.92 Å². The minimum absolute atomic E-state index is 0.00192. The van der Waals surface area contributed by atoms with E-state index < -0.39 is 0 Å². The Morgan fingerprint density at radius 1 is 0.889 bits per heavy atom. The first kappa shape index (κ1) is 19.2. The van der Waals surface area contributed by atoms with Gasteiger partial charge in [0.2, 0.25) is 5.91 Å². The summed E-state index contributed by atoms with van der Waals surface area (Å²) in [7, 11) is 0. The van der Waals surface area contributed by atoms with Crippen LogP contribution in [0, 0.1) is 33.6 Å². The molecular formula is C23H28N2O2. The monoisotopic (exact) mass is 364 g/mol. The van der Waals surface area contributed by atoms with Crippen LogP contribution in [-0.2, 0) is 4.79 Å². The fraction of sp³-hybridized carbons (Fsp3) is 0.391. The molecule has 1 aliphatic rings. The van der Waals surface area contributed by atoms with Crippen LogP contribution in [0.15, 0.2) is 36.4 Å². The number of likely N-dealkylation sites (tertiary alicyclic amines) is 1. The van der Waals surface area contributed by atoms with Crippen molar-refractivity contribution in [2.45, 2.75) is 40.5 Å². The van der Waals surface area contributed by atoms with Gasteiger partial charge >= 0.3 is 0 Å². The van der Waals surface area contributed by atoms with Crippen LogP contribution in [0.4, 0.5) is 5.69 Å². The molecule has 0 radical (unpaired) electrons. The Hall–Kier alpha value is -2.62. The molecule has 4 nitrogen and oxygen atoms in total. The summed E-state index contributed by atoms with van der Waals surface area (Å²) in [5.74, 6) is -0.155. The summed E-state index contributed by atoms with van der Waals surface area (Å²) in [5, 5.41) is 3.03. The molecule has 0 aromatic heterocycles. The Labute approximate surface area is 161 Å². The number of hydrogen-bond donors (Lipinski definition) is 1. The second-order valence-electron chi connectivity index (χ2n) is 7.83. The molecule has 1 unspecified atom stereocenters. The van der Waals surface area contributed by atoms with Crippen molar-refractivity contribution < 1.29 is 9.59 Å². The molecule has 27 heavy (non-hydrogen) atoms. The Morgan fingerprint density at radius 3 is 2.04 bits per heavy atom. The summed E-state index contributed by atoms with van der Waals surface area (Å²) in [6.07, 6.45) is 1.66. The van der Waals surface area contributed by atoms with E-state index in [2.05, 4.69) is 17.4 Å². The zero-order chi connectivity index (χ0) is 19.6. The van der Waals surface area contributed by atoms with Gasteiger partial charge in [-0.15, -0.1) is 0 Å². The van der Waals surface area contributed by atoms with Crippen molar-refractivity contribution in [2.75, 3.05) is 18.4 Å². The number of anilines is 1. The van der Waals surface area contributed by atoms with Crippen molar-refractivity contribution in [3.8, 4) is 0 Å². The molecule has 1 heterocycles. The normalized spacial score (nSPS) is 16.9. The van der Waals surface area contributed by atoms with Crippen LogP contribution >= 0.6 is 0 Å². The van der Waals surface area contributed by atoms with E-state index in [4.69, 9.17) is 0 Å². The lowest BCUT2D eigenvalue weighted by molar-refractivity contribution is -0.121. The summed E-state index contributed by atoms with van der Waals surface area (Å²) in [5.41, 5.74) is 5.96. The maximum Gasteiger partial charge on any atom is 0.253 e. The molecule has 1 N–H and O–H groups in total. The zero-order valence-corrected chi connectivity index (χ0v) is 16.6. The van der Waals surface area contributed by atoms with Gasteiger partial charge in [-0.25, -0.2) is 0 Å². The van der Waals surface area contributed by atoms with Crippen LogP contribution in [0.25, 0.3) is 0 Å². The molecule has 2 aromatic carbocycles. The van der Waals surface area contributed by atoms with Crippen LogP contribution in [-0.4, -0.2) is 29.8 Å². The number of hydrogen-bond acceptors (Lipinski definition) is 2. The summed E-state index contributed by atoms with van der Waals surface area (Å²) in [4.78, 5) is 27.5. The van der Waals surface area contributed by atoms with Crippen LogP contribution in [0.5, 0.6) is 0 Å². The average Bonchev–Trinajstić information content (AvgIpc) is 2.59. The third-order valence-corrected chi connectivity index (χ3v) is 5.04. The average molecular weight is 364 g/mol. The summed E-state index contributed by atoms with van der Waals surface area (Å²) in [6, 6.07) is 12.0. The fourth-order valence-electron chi connectivity index (χ4n) is 3.95. The predicted octanol–water partition coefficient (Wildman–Crippen LogP) is 4.41. The van der Waals surface area contributed by atoms with Gasteiger partial charge in [0, 0.05) is 24.3 Å². The first-order valence-electron chi connectivity index (χ1n) is 9.58. The molecule has 3 rings (SSSR count). The van der Waals surface area contributed by atoms with Gasteiger partial charge in [-0.3, -0.25) is 9.59 Å². The van der Waals surface area contributed by atoms with Crippen molar-refractivity contribution in [3.63, 3.8) is 0 Å². The van der Waals surface area contributed by atoms with Crippen molar-refractivity contribution in [3.05, 3.63) is 64.2 Å². The smallest absolute Gasteiger partial charge is 0.253 e. The Bertz CT molecular complexity index is 832. The van der Waals surface area contributed by atoms with Gasteiger partial charge in [0.15, 0.2) is 0 Å². The third-order valence-electron chi connectivity index (χ3n) is 5.04. The summed E-state index contributed by atoms with van der Waals surface area (Å²) in [6.45, 7) is 9.22. The van der Waals surface area contributed by atoms with E-state index in [0.29, 0.717) is 18.7 Å². The number of nitrogens with one attached hydrogen (secondary N) is 1. The van der Waals surface area contributed by atoms with Gasteiger partial charge in [-0.05, 0) is 75.9 Å². The lowest BCUT2D eigenvalue weighted by Gasteiger charge is -2.32. The van der Waals surface area contributed by atoms with Crippen LogP contribution in [0.1, 0.15) is 45.5 Å². The number of carbonyl (C=O) groups excluding carboxylic acids is 2. The maximum atomic E-state index is 12.9. The highest BCUT2D eigenvalue weighted by Gasteiger charge is 2.29. The van der Waals surface area contributed by atoms with E-state index in [9.17, 15) is 9.59 Å². The lowest BCUT2D eigenvalue weighted by atomic mass is 9.96. The largest absolute Gasteiger partial charge is 0.338 e. The topological polar surface area (TPSA) is 49.4 Å². The number of aryl methyl sites for hydroxylation is 4. The summed E-state index contributed by atoms with van der Waals surface area (Å²) < 4.78 is 0. The molecular weight excluding hydrogens is 336 g/mol. The fourth-order valence-corrected chi connectivity index (χ4v) is 3.95. The number of piperidine rings is 1. The Kier molecular flexibility index (Phi) is 5.64. The first-order valence-corrected chi connectivity index (χ1v) is 9.58. The van der Waals surface area contributed by atoms with E-state index >= 15 is 0 Å². The highest BCUT2D eigenvalue weighted by Crippen LogP contribution is 2.22. The second kappa shape index (κ2) is 7.95. The Balaban J connectivity index is 1.69. The maximum absolute atomic E-state index is 12.9. The first-order chi connectivity index (χ1) is 12.8. The number of rotatable bonds is 3. The van der Waals surface area contributed by atoms with E-state index in [0.717, 1.165) is 40.8 Å². The quantitative estimate of drug-likeness (QED) is 0.877. The number of benzene rings is 2. The minimum atomic E-state index is -0.172.